The number of rotatable bonds is 4. The molecule has 0 aliphatic heterocycles. The van der Waals surface area contributed by atoms with E-state index in [9.17, 15) is 31.2 Å². The van der Waals surface area contributed by atoms with Crippen LogP contribution in [0, 0.1) is 0 Å². The van der Waals surface area contributed by atoms with Crippen molar-refractivity contribution in [3.63, 3.8) is 0 Å². The Morgan fingerprint density at radius 1 is 1.26 bits per heavy atom. The number of ether oxygens (including phenoxy) is 2. The first-order valence-corrected chi connectivity index (χ1v) is 8.06. The standard InChI is InChI=1S/C12H11F3N4O6S.Na.H/c1-18-10(24-2)16-19(11(18)21)9(20)17-26(22,23)8-6-4-3-5-7(8)25-12(13,14)15;;/h3-6H,1-2H3,(H,17,20);;. The van der Waals surface area contributed by atoms with Gasteiger partial charge in [-0.3, -0.25) is 0 Å². The molecule has 0 bridgehead atoms. The molecule has 2 aromatic rings. The zero-order valence-electron chi connectivity index (χ0n) is 13.1. The summed E-state index contributed by atoms with van der Waals surface area (Å²) in [4.78, 5) is 22.9. The number of hydrogen-bond donors (Lipinski definition) is 1. The Labute approximate surface area is 172 Å². The maximum absolute atomic E-state index is 12.4. The molecule has 1 amide bonds. The minimum absolute atomic E-state index is 0. The summed E-state index contributed by atoms with van der Waals surface area (Å²) < 4.78 is 72.4. The van der Waals surface area contributed by atoms with Gasteiger partial charge in [0.25, 0.3) is 10.0 Å². The number of amides is 1. The molecule has 1 N–H and O–H groups in total. The van der Waals surface area contributed by atoms with Crippen LogP contribution in [0.15, 0.2) is 34.0 Å². The Hall–Kier alpha value is -2.03. The van der Waals surface area contributed by atoms with E-state index < -0.39 is 38.8 Å². The van der Waals surface area contributed by atoms with Crippen molar-refractivity contribution >= 4 is 45.6 Å². The van der Waals surface area contributed by atoms with E-state index in [2.05, 4.69) is 9.84 Å². The molecule has 1 aromatic heterocycles. The Bertz CT molecular complexity index is 1000. The average Bonchev–Trinajstić information content (AvgIpc) is 2.81. The van der Waals surface area contributed by atoms with Crippen LogP contribution >= 0.6 is 0 Å². The maximum atomic E-state index is 12.4. The van der Waals surface area contributed by atoms with Crippen molar-refractivity contribution in [1.82, 2.24) is 19.1 Å². The molecule has 1 heterocycles. The molecule has 0 aliphatic rings. The third kappa shape index (κ3) is 5.24. The van der Waals surface area contributed by atoms with Gasteiger partial charge < -0.3 is 9.47 Å². The van der Waals surface area contributed by atoms with Gasteiger partial charge >= 0.3 is 53.7 Å². The van der Waals surface area contributed by atoms with E-state index in [-0.39, 0.29) is 40.2 Å². The molecule has 27 heavy (non-hydrogen) atoms. The Balaban J connectivity index is 0.00000364. The summed E-state index contributed by atoms with van der Waals surface area (Å²) in [5.74, 6) is -1.05. The predicted molar refractivity (Wildman–Crippen MR) is 85.4 cm³/mol. The molecule has 0 radical (unpaired) electrons. The van der Waals surface area contributed by atoms with E-state index in [1.165, 1.54) is 11.8 Å². The van der Waals surface area contributed by atoms with Crippen molar-refractivity contribution in [3.05, 3.63) is 34.7 Å². The number of alkyl halides is 3. The second kappa shape index (κ2) is 8.33. The number of nitrogens with one attached hydrogen (secondary N) is 1. The number of para-hydroxylation sites is 1. The van der Waals surface area contributed by atoms with Crippen LogP contribution in [0.25, 0.3) is 0 Å². The van der Waals surface area contributed by atoms with Crippen molar-refractivity contribution in [1.29, 1.82) is 0 Å². The van der Waals surface area contributed by atoms with E-state index in [0.29, 0.717) is 0 Å². The molecule has 0 aliphatic carbocycles. The van der Waals surface area contributed by atoms with Crippen LogP contribution in [0.1, 0.15) is 0 Å². The van der Waals surface area contributed by atoms with Gasteiger partial charge in [-0.15, -0.1) is 23.0 Å². The van der Waals surface area contributed by atoms with Crippen molar-refractivity contribution in [3.8, 4) is 11.8 Å². The summed E-state index contributed by atoms with van der Waals surface area (Å²) in [5, 5.41) is 3.44. The number of sulfonamides is 1. The molecule has 0 fully saturated rings. The first-order valence-electron chi connectivity index (χ1n) is 6.58. The number of carbonyl (C=O) groups excluding carboxylic acids is 1. The molecule has 0 saturated carbocycles. The second-order valence-corrected chi connectivity index (χ2v) is 6.30. The molecule has 0 spiro atoms. The van der Waals surface area contributed by atoms with Gasteiger partial charge in [0.05, 0.1) is 7.11 Å². The number of halogens is 3. The van der Waals surface area contributed by atoms with Crippen LogP contribution < -0.4 is 19.9 Å². The topological polar surface area (TPSA) is 122 Å². The summed E-state index contributed by atoms with van der Waals surface area (Å²) in [6, 6.07) is 1.97. The molecule has 10 nitrogen and oxygen atoms in total. The third-order valence-electron chi connectivity index (χ3n) is 2.90. The fourth-order valence-electron chi connectivity index (χ4n) is 1.82. The molecule has 2 rings (SSSR count). The number of methoxy groups -OCH3 is 1. The SMILES string of the molecule is COc1nn(C(=O)NS(=O)(=O)c2ccccc2OC(F)(F)F)c(=O)n1C.[NaH]. The Morgan fingerprint density at radius 2 is 1.85 bits per heavy atom. The van der Waals surface area contributed by atoms with Crippen LogP contribution in [-0.4, -0.2) is 71.8 Å². The zero-order chi connectivity index (χ0) is 19.7. The summed E-state index contributed by atoms with van der Waals surface area (Å²) in [7, 11) is -2.45. The van der Waals surface area contributed by atoms with Gasteiger partial charge in [0.1, 0.15) is 10.6 Å². The molecule has 15 heteroatoms. The van der Waals surface area contributed by atoms with E-state index in [0.717, 1.165) is 35.9 Å². The van der Waals surface area contributed by atoms with E-state index in [1.807, 2.05) is 0 Å². The van der Waals surface area contributed by atoms with E-state index >= 15 is 0 Å². The first-order chi connectivity index (χ1) is 12.0. The third-order valence-corrected chi connectivity index (χ3v) is 4.26. The van der Waals surface area contributed by atoms with Crippen molar-refractivity contribution in [2.75, 3.05) is 7.11 Å². The van der Waals surface area contributed by atoms with E-state index in [1.54, 1.807) is 0 Å². The van der Waals surface area contributed by atoms with Gasteiger partial charge in [0.15, 0.2) is 0 Å². The van der Waals surface area contributed by atoms with Gasteiger partial charge in [-0.1, -0.05) is 12.1 Å². The van der Waals surface area contributed by atoms with Crippen LogP contribution in [0.5, 0.6) is 11.8 Å². The quantitative estimate of drug-likeness (QED) is 0.679. The monoisotopic (exact) mass is 420 g/mol. The molecule has 0 unspecified atom stereocenters. The average molecular weight is 420 g/mol. The molecule has 0 atom stereocenters. The molecular formula is C12H12F3N4NaO6S. The Kier molecular flexibility index (Phi) is 7.10. The fourth-order valence-corrected chi connectivity index (χ4v) is 2.88. The summed E-state index contributed by atoms with van der Waals surface area (Å²) in [5.41, 5.74) is -1.03. The van der Waals surface area contributed by atoms with Crippen molar-refractivity contribution in [2.24, 2.45) is 7.05 Å². The van der Waals surface area contributed by atoms with Crippen molar-refractivity contribution in [2.45, 2.75) is 11.3 Å². The summed E-state index contributed by atoms with van der Waals surface area (Å²) in [6.45, 7) is 0. The van der Waals surface area contributed by atoms with Gasteiger partial charge in [-0.25, -0.2) is 27.3 Å². The fraction of sp³-hybridized carbons (Fsp3) is 0.250. The van der Waals surface area contributed by atoms with Gasteiger partial charge in [0.2, 0.25) is 0 Å². The molecule has 0 saturated heterocycles. The summed E-state index contributed by atoms with van der Waals surface area (Å²) >= 11 is 0. The van der Waals surface area contributed by atoms with Gasteiger partial charge in [-0.05, 0) is 12.1 Å². The number of hydrogen-bond acceptors (Lipinski definition) is 7. The van der Waals surface area contributed by atoms with Crippen LogP contribution in [-0.2, 0) is 17.1 Å². The van der Waals surface area contributed by atoms with Crippen LogP contribution in [0.2, 0.25) is 0 Å². The van der Waals surface area contributed by atoms with Crippen LogP contribution in [0.3, 0.4) is 0 Å². The Morgan fingerprint density at radius 3 is 2.37 bits per heavy atom. The van der Waals surface area contributed by atoms with E-state index in [4.69, 9.17) is 4.74 Å². The zero-order valence-corrected chi connectivity index (χ0v) is 14.0. The van der Waals surface area contributed by atoms with Gasteiger partial charge in [0, 0.05) is 7.05 Å². The number of nitrogens with zero attached hydrogens (tertiary/aromatic N) is 3. The first kappa shape index (κ1) is 23.0. The van der Waals surface area contributed by atoms with Crippen molar-refractivity contribution < 1.29 is 35.9 Å². The van der Waals surface area contributed by atoms with Crippen LogP contribution in [0.4, 0.5) is 18.0 Å². The number of carbonyl (C=O) groups is 1. The second-order valence-electron chi connectivity index (χ2n) is 4.65. The summed E-state index contributed by atoms with van der Waals surface area (Å²) in [6.07, 6.45) is -5.15. The molecule has 1 aromatic carbocycles. The normalized spacial score (nSPS) is 11.4. The van der Waals surface area contributed by atoms with Gasteiger partial charge in [-0.2, -0.15) is 0 Å². The molecular weight excluding hydrogens is 408 g/mol. The molecule has 144 valence electrons. The number of benzene rings is 1. The predicted octanol–water partition coefficient (Wildman–Crippen LogP) is -0.213. The number of aromatic nitrogens is 3. The minimum atomic E-state index is -5.15.